The van der Waals surface area contributed by atoms with Gasteiger partial charge in [0.2, 0.25) is 0 Å². The maximum absolute atomic E-state index is 11.8. The van der Waals surface area contributed by atoms with Gasteiger partial charge in [0.1, 0.15) is 5.78 Å². The van der Waals surface area contributed by atoms with Gasteiger partial charge in [0.25, 0.3) is 0 Å². The maximum Gasteiger partial charge on any atom is 0.133 e. The van der Waals surface area contributed by atoms with Gasteiger partial charge in [-0.05, 0) is 60.0 Å². The summed E-state index contributed by atoms with van der Waals surface area (Å²) in [4.78, 5) is 11.8. The zero-order valence-corrected chi connectivity index (χ0v) is 11.7. The van der Waals surface area contributed by atoms with Crippen molar-refractivity contribution in [3.63, 3.8) is 0 Å². The van der Waals surface area contributed by atoms with Crippen LogP contribution in [-0.4, -0.2) is 5.78 Å². The van der Waals surface area contributed by atoms with Gasteiger partial charge in [-0.1, -0.05) is 31.2 Å². The van der Waals surface area contributed by atoms with E-state index in [1.807, 2.05) is 0 Å². The number of benzene rings is 1. The average Bonchev–Trinajstić information content (AvgIpc) is 2.80. The quantitative estimate of drug-likeness (QED) is 0.681. The molecule has 4 rings (SSSR count). The highest BCUT2D eigenvalue weighted by molar-refractivity contribution is 5.79. The Hall–Kier alpha value is -1.11. The van der Waals surface area contributed by atoms with E-state index < -0.39 is 0 Å². The fourth-order valence-electron chi connectivity index (χ4n) is 5.25. The Morgan fingerprint density at radius 2 is 2.00 bits per heavy atom. The molecular formula is C18H22O. The van der Waals surface area contributed by atoms with Crippen LogP contribution in [-0.2, 0) is 11.2 Å². The van der Waals surface area contributed by atoms with Crippen molar-refractivity contribution in [2.45, 2.75) is 51.4 Å². The van der Waals surface area contributed by atoms with Crippen molar-refractivity contribution >= 4 is 5.78 Å². The van der Waals surface area contributed by atoms with Gasteiger partial charge in [-0.2, -0.15) is 0 Å². The lowest BCUT2D eigenvalue weighted by molar-refractivity contribution is -0.128. The topological polar surface area (TPSA) is 17.1 Å². The molecule has 0 spiro atoms. The molecular weight excluding hydrogens is 232 g/mol. The number of carbonyl (C=O) groups is 1. The summed E-state index contributed by atoms with van der Waals surface area (Å²) in [5, 5.41) is 0. The van der Waals surface area contributed by atoms with Crippen LogP contribution in [0.4, 0.5) is 0 Å². The summed E-state index contributed by atoms with van der Waals surface area (Å²) >= 11 is 0. The van der Waals surface area contributed by atoms with Crippen LogP contribution in [0.3, 0.4) is 0 Å². The molecule has 100 valence electrons. The minimum absolute atomic E-state index is 0.413. The third-order valence-electron chi connectivity index (χ3n) is 6.40. The molecule has 0 amide bonds. The van der Waals surface area contributed by atoms with E-state index in [-0.39, 0.29) is 0 Å². The Morgan fingerprint density at radius 3 is 2.89 bits per heavy atom. The molecule has 0 heterocycles. The molecule has 0 N–H and O–H groups in total. The molecule has 0 aromatic heterocycles. The number of carbonyl (C=O) groups excluding carboxylic acids is 1. The second kappa shape index (κ2) is 3.94. The van der Waals surface area contributed by atoms with Crippen molar-refractivity contribution < 1.29 is 4.79 Å². The molecule has 1 aromatic carbocycles. The third kappa shape index (κ3) is 1.57. The van der Waals surface area contributed by atoms with Crippen molar-refractivity contribution in [2.75, 3.05) is 0 Å². The van der Waals surface area contributed by atoms with Crippen LogP contribution in [0.25, 0.3) is 0 Å². The monoisotopic (exact) mass is 254 g/mol. The lowest BCUT2D eigenvalue weighted by atomic mass is 9.53. The largest absolute Gasteiger partial charge is 0.300 e. The van der Waals surface area contributed by atoms with Crippen LogP contribution < -0.4 is 0 Å². The van der Waals surface area contributed by atoms with E-state index in [9.17, 15) is 4.79 Å². The summed E-state index contributed by atoms with van der Waals surface area (Å²) in [6.07, 6.45) is 6.63. The van der Waals surface area contributed by atoms with Gasteiger partial charge in [-0.3, -0.25) is 4.79 Å². The zero-order valence-electron chi connectivity index (χ0n) is 11.7. The lowest BCUT2D eigenvalue weighted by Crippen LogP contribution is -2.45. The first kappa shape index (κ1) is 11.7. The Balaban J connectivity index is 1.72. The van der Waals surface area contributed by atoms with Gasteiger partial charge in [-0.25, -0.2) is 0 Å². The molecule has 0 unspecified atom stereocenters. The summed E-state index contributed by atoms with van der Waals surface area (Å²) in [5.74, 6) is 2.73. The van der Waals surface area contributed by atoms with E-state index in [1.54, 1.807) is 11.1 Å². The second-order valence-electron chi connectivity index (χ2n) is 7.14. The smallest absolute Gasteiger partial charge is 0.133 e. The molecule has 2 saturated carbocycles. The minimum atomic E-state index is 0.413. The highest BCUT2D eigenvalue weighted by Crippen LogP contribution is 2.60. The van der Waals surface area contributed by atoms with Crippen molar-refractivity contribution in [1.82, 2.24) is 0 Å². The SMILES string of the molecule is C[C@@]12CCC(=O)C[C@@H]1CC[C@H]1c3ccccc3C[C@@H]12. The van der Waals surface area contributed by atoms with Crippen LogP contribution in [0, 0.1) is 17.3 Å². The Labute approximate surface area is 115 Å². The van der Waals surface area contributed by atoms with E-state index in [4.69, 9.17) is 0 Å². The van der Waals surface area contributed by atoms with E-state index >= 15 is 0 Å². The summed E-state index contributed by atoms with van der Waals surface area (Å²) in [7, 11) is 0. The van der Waals surface area contributed by atoms with Crippen LogP contribution in [0.1, 0.15) is 56.1 Å². The first-order chi connectivity index (χ1) is 9.18. The highest BCUT2D eigenvalue weighted by atomic mass is 16.1. The normalized spacial score (nSPS) is 40.5. The number of hydrogen-bond acceptors (Lipinski definition) is 1. The lowest BCUT2D eigenvalue weighted by Gasteiger charge is -2.51. The molecule has 0 radical (unpaired) electrons. The molecule has 3 aliphatic carbocycles. The zero-order chi connectivity index (χ0) is 13.0. The first-order valence-electron chi connectivity index (χ1n) is 7.78. The predicted molar refractivity (Wildman–Crippen MR) is 76.1 cm³/mol. The van der Waals surface area contributed by atoms with Gasteiger partial charge in [0.15, 0.2) is 0 Å². The van der Waals surface area contributed by atoms with Crippen molar-refractivity contribution in [1.29, 1.82) is 0 Å². The fraction of sp³-hybridized carbons (Fsp3) is 0.611. The van der Waals surface area contributed by atoms with Crippen LogP contribution in [0.5, 0.6) is 0 Å². The van der Waals surface area contributed by atoms with Gasteiger partial charge in [-0.15, -0.1) is 0 Å². The molecule has 19 heavy (non-hydrogen) atoms. The fourth-order valence-corrected chi connectivity index (χ4v) is 5.25. The van der Waals surface area contributed by atoms with Crippen molar-refractivity contribution in [3.05, 3.63) is 35.4 Å². The molecule has 4 atom stereocenters. The average molecular weight is 254 g/mol. The van der Waals surface area contributed by atoms with Crippen molar-refractivity contribution in [3.8, 4) is 0 Å². The molecule has 0 saturated heterocycles. The van der Waals surface area contributed by atoms with E-state index in [0.29, 0.717) is 17.1 Å². The number of hydrogen-bond donors (Lipinski definition) is 0. The number of rotatable bonds is 0. The van der Waals surface area contributed by atoms with Crippen LogP contribution >= 0.6 is 0 Å². The molecule has 1 aromatic rings. The van der Waals surface area contributed by atoms with Gasteiger partial charge >= 0.3 is 0 Å². The van der Waals surface area contributed by atoms with Crippen LogP contribution in [0.2, 0.25) is 0 Å². The summed E-state index contributed by atoms with van der Waals surface area (Å²) in [5.41, 5.74) is 3.61. The van der Waals surface area contributed by atoms with E-state index in [0.717, 1.165) is 31.1 Å². The van der Waals surface area contributed by atoms with E-state index in [1.165, 1.54) is 19.3 Å². The first-order valence-corrected chi connectivity index (χ1v) is 7.78. The minimum Gasteiger partial charge on any atom is -0.300 e. The molecule has 0 aliphatic heterocycles. The highest BCUT2D eigenvalue weighted by Gasteiger charge is 2.52. The predicted octanol–water partition coefficient (Wildman–Crippen LogP) is 4.11. The molecule has 2 fully saturated rings. The number of ketones is 1. The molecule has 1 heteroatoms. The van der Waals surface area contributed by atoms with Gasteiger partial charge < -0.3 is 0 Å². The summed E-state index contributed by atoms with van der Waals surface area (Å²) in [6.45, 7) is 2.48. The number of Topliss-reactive ketones (excluding diaryl/α,β-unsaturated/α-hetero) is 1. The Kier molecular flexibility index (Phi) is 2.43. The molecule has 0 bridgehead atoms. The standard InChI is InChI=1S/C18H22O/c1-18-9-8-14(19)11-13(18)6-7-16-15-5-3-2-4-12(15)10-17(16)18/h2-5,13,16-17H,6-11H2,1H3/t13-,16-,17-,18+/m0/s1. The Morgan fingerprint density at radius 1 is 1.16 bits per heavy atom. The summed E-state index contributed by atoms with van der Waals surface area (Å²) in [6, 6.07) is 9.04. The second-order valence-corrected chi connectivity index (χ2v) is 7.14. The molecule has 1 nitrogen and oxygen atoms in total. The van der Waals surface area contributed by atoms with Gasteiger partial charge in [0.05, 0.1) is 0 Å². The number of fused-ring (bicyclic) bond motifs is 5. The van der Waals surface area contributed by atoms with E-state index in [2.05, 4.69) is 31.2 Å². The maximum atomic E-state index is 11.8. The molecule has 3 aliphatic rings. The third-order valence-corrected chi connectivity index (χ3v) is 6.40. The van der Waals surface area contributed by atoms with Crippen LogP contribution in [0.15, 0.2) is 24.3 Å². The van der Waals surface area contributed by atoms with Gasteiger partial charge in [0, 0.05) is 12.8 Å². The van der Waals surface area contributed by atoms with Crippen molar-refractivity contribution in [2.24, 2.45) is 17.3 Å². The Bertz CT molecular complexity index is 532. The summed E-state index contributed by atoms with van der Waals surface area (Å²) < 4.78 is 0.